The van der Waals surface area contributed by atoms with Crippen molar-refractivity contribution in [3.63, 3.8) is 0 Å². The lowest BCUT2D eigenvalue weighted by atomic mass is 9.84. The molecule has 23 heavy (non-hydrogen) atoms. The Hall–Kier alpha value is -1.39. The van der Waals surface area contributed by atoms with Crippen LogP contribution in [-0.2, 0) is 16.0 Å². The highest BCUT2D eigenvalue weighted by Gasteiger charge is 2.44. The third-order valence-corrected chi connectivity index (χ3v) is 5.39. The van der Waals surface area contributed by atoms with Gasteiger partial charge in [0.2, 0.25) is 5.91 Å². The second-order valence-corrected chi connectivity index (χ2v) is 7.07. The molecule has 2 aliphatic rings. The number of hydrogen-bond acceptors (Lipinski definition) is 3. The average Bonchev–Trinajstić information content (AvgIpc) is 3.06. The Kier molecular flexibility index (Phi) is 5.34. The summed E-state index contributed by atoms with van der Waals surface area (Å²) in [5.74, 6) is 0.990. The van der Waals surface area contributed by atoms with Gasteiger partial charge in [-0.1, -0.05) is 30.3 Å². The van der Waals surface area contributed by atoms with Crippen LogP contribution in [0.5, 0.6) is 0 Å². The van der Waals surface area contributed by atoms with Gasteiger partial charge < -0.3 is 15.0 Å². The van der Waals surface area contributed by atoms with Crippen molar-refractivity contribution in [1.29, 1.82) is 0 Å². The molecule has 0 saturated carbocycles. The van der Waals surface area contributed by atoms with Crippen LogP contribution in [0.4, 0.5) is 0 Å². The molecule has 2 aliphatic heterocycles. The smallest absolute Gasteiger partial charge is 0.232 e. The molecule has 0 aromatic heterocycles. The van der Waals surface area contributed by atoms with E-state index in [0.29, 0.717) is 18.4 Å². The minimum Gasteiger partial charge on any atom is -0.384 e. The molecule has 0 radical (unpaired) electrons. The number of nitrogens with one attached hydrogen (secondary N) is 1. The van der Waals surface area contributed by atoms with Crippen molar-refractivity contribution >= 4 is 5.91 Å². The van der Waals surface area contributed by atoms with Gasteiger partial charge in [-0.2, -0.15) is 0 Å². The maximum absolute atomic E-state index is 13.0. The largest absolute Gasteiger partial charge is 0.384 e. The summed E-state index contributed by atoms with van der Waals surface area (Å²) in [5, 5.41) is 3.33. The Balaban J connectivity index is 1.55. The van der Waals surface area contributed by atoms with Crippen LogP contribution >= 0.6 is 0 Å². The number of piperidine rings is 1. The van der Waals surface area contributed by atoms with Gasteiger partial charge in [-0.25, -0.2) is 0 Å². The summed E-state index contributed by atoms with van der Waals surface area (Å²) in [6.45, 7) is 3.98. The number of benzene rings is 1. The fourth-order valence-corrected chi connectivity index (χ4v) is 4.01. The van der Waals surface area contributed by atoms with Crippen molar-refractivity contribution in [2.24, 2.45) is 11.3 Å². The van der Waals surface area contributed by atoms with Crippen LogP contribution in [0.15, 0.2) is 30.3 Å². The molecule has 1 N–H and O–H groups in total. The highest BCUT2D eigenvalue weighted by atomic mass is 16.5. The predicted octanol–water partition coefficient (Wildman–Crippen LogP) is 2.09. The van der Waals surface area contributed by atoms with Gasteiger partial charge in [0.15, 0.2) is 0 Å². The van der Waals surface area contributed by atoms with Gasteiger partial charge >= 0.3 is 0 Å². The lowest BCUT2D eigenvalue weighted by Crippen LogP contribution is -2.50. The molecule has 0 spiro atoms. The number of likely N-dealkylation sites (tertiary alicyclic amines) is 1. The Morgan fingerprint density at radius 1 is 1.30 bits per heavy atom. The van der Waals surface area contributed by atoms with Crippen molar-refractivity contribution in [3.05, 3.63) is 35.9 Å². The molecule has 2 heterocycles. The topological polar surface area (TPSA) is 41.6 Å². The zero-order valence-corrected chi connectivity index (χ0v) is 14.1. The van der Waals surface area contributed by atoms with Gasteiger partial charge in [-0.05, 0) is 43.7 Å². The first-order valence-electron chi connectivity index (χ1n) is 8.76. The van der Waals surface area contributed by atoms with Gasteiger partial charge in [-0.3, -0.25) is 4.79 Å². The molecule has 1 atom stereocenters. The zero-order valence-electron chi connectivity index (χ0n) is 14.1. The number of ether oxygens (including phenoxy) is 1. The monoisotopic (exact) mass is 316 g/mol. The SMILES string of the molecule is COCC1(C(=O)N2CCC(Cc3ccccc3)CC2)CCNC1. The van der Waals surface area contributed by atoms with Crippen molar-refractivity contribution in [1.82, 2.24) is 10.2 Å². The second kappa shape index (κ2) is 7.45. The lowest BCUT2D eigenvalue weighted by molar-refractivity contribution is -0.145. The molecule has 1 aromatic rings. The van der Waals surface area contributed by atoms with E-state index in [2.05, 4.69) is 40.5 Å². The summed E-state index contributed by atoms with van der Waals surface area (Å²) in [5.41, 5.74) is 1.08. The van der Waals surface area contributed by atoms with Crippen LogP contribution < -0.4 is 5.32 Å². The average molecular weight is 316 g/mol. The van der Waals surface area contributed by atoms with Crippen LogP contribution in [0, 0.1) is 11.3 Å². The molecule has 4 heteroatoms. The van der Waals surface area contributed by atoms with Gasteiger partial charge in [0, 0.05) is 26.7 Å². The van der Waals surface area contributed by atoms with Crippen molar-refractivity contribution < 1.29 is 9.53 Å². The van der Waals surface area contributed by atoms with Crippen LogP contribution in [0.25, 0.3) is 0 Å². The standard InChI is InChI=1S/C19H28N2O2/c1-23-15-19(9-10-20-14-19)18(22)21-11-7-17(8-12-21)13-16-5-3-2-4-6-16/h2-6,17,20H,7-15H2,1H3. The minimum absolute atomic E-state index is 0.294. The maximum atomic E-state index is 13.0. The normalized spacial score (nSPS) is 25.7. The highest BCUT2D eigenvalue weighted by molar-refractivity contribution is 5.83. The Morgan fingerprint density at radius 3 is 2.65 bits per heavy atom. The van der Waals surface area contributed by atoms with Gasteiger partial charge in [0.05, 0.1) is 12.0 Å². The Bertz CT molecular complexity index is 503. The molecular formula is C19H28N2O2. The lowest BCUT2D eigenvalue weighted by Gasteiger charge is -2.38. The summed E-state index contributed by atoms with van der Waals surface area (Å²) in [7, 11) is 1.69. The summed E-state index contributed by atoms with van der Waals surface area (Å²) in [4.78, 5) is 15.1. The molecule has 2 saturated heterocycles. The van der Waals surface area contributed by atoms with E-state index in [1.807, 2.05) is 0 Å². The Labute approximate surface area is 139 Å². The second-order valence-electron chi connectivity index (χ2n) is 7.07. The number of carbonyl (C=O) groups is 1. The van der Waals surface area contributed by atoms with E-state index >= 15 is 0 Å². The summed E-state index contributed by atoms with van der Waals surface area (Å²) in [6, 6.07) is 10.7. The molecule has 1 unspecified atom stereocenters. The van der Waals surface area contributed by atoms with E-state index in [9.17, 15) is 4.79 Å². The van der Waals surface area contributed by atoms with Crippen LogP contribution in [0.2, 0.25) is 0 Å². The molecule has 3 rings (SSSR count). The first-order valence-corrected chi connectivity index (χ1v) is 8.76. The van der Waals surface area contributed by atoms with Crippen molar-refractivity contribution in [3.8, 4) is 0 Å². The number of methoxy groups -OCH3 is 1. The summed E-state index contributed by atoms with van der Waals surface area (Å²) >= 11 is 0. The fraction of sp³-hybridized carbons (Fsp3) is 0.632. The van der Waals surface area contributed by atoms with E-state index in [0.717, 1.165) is 51.9 Å². The molecule has 1 amide bonds. The quantitative estimate of drug-likeness (QED) is 0.904. The highest BCUT2D eigenvalue weighted by Crippen LogP contribution is 2.31. The minimum atomic E-state index is -0.332. The molecule has 1 aromatic carbocycles. The number of amides is 1. The first-order chi connectivity index (χ1) is 11.2. The van der Waals surface area contributed by atoms with E-state index in [-0.39, 0.29) is 5.41 Å². The van der Waals surface area contributed by atoms with E-state index in [1.54, 1.807) is 7.11 Å². The van der Waals surface area contributed by atoms with E-state index in [1.165, 1.54) is 5.56 Å². The van der Waals surface area contributed by atoms with Crippen LogP contribution in [-0.4, -0.2) is 50.7 Å². The Morgan fingerprint density at radius 2 is 2.04 bits per heavy atom. The summed E-state index contributed by atoms with van der Waals surface area (Å²) < 4.78 is 5.35. The van der Waals surface area contributed by atoms with Crippen LogP contribution in [0.1, 0.15) is 24.8 Å². The van der Waals surface area contributed by atoms with Gasteiger partial charge in [0.25, 0.3) is 0 Å². The van der Waals surface area contributed by atoms with E-state index in [4.69, 9.17) is 4.74 Å². The third-order valence-electron chi connectivity index (χ3n) is 5.39. The van der Waals surface area contributed by atoms with E-state index < -0.39 is 0 Å². The number of nitrogens with zero attached hydrogens (tertiary/aromatic N) is 1. The molecule has 0 bridgehead atoms. The molecular weight excluding hydrogens is 288 g/mol. The van der Waals surface area contributed by atoms with Crippen molar-refractivity contribution in [2.75, 3.05) is 39.9 Å². The number of hydrogen-bond donors (Lipinski definition) is 1. The molecule has 0 aliphatic carbocycles. The number of carbonyl (C=O) groups excluding carboxylic acids is 1. The first kappa shape index (κ1) is 16.5. The van der Waals surface area contributed by atoms with Gasteiger partial charge in [-0.15, -0.1) is 0 Å². The maximum Gasteiger partial charge on any atom is 0.232 e. The fourth-order valence-electron chi connectivity index (χ4n) is 4.01. The van der Waals surface area contributed by atoms with Crippen LogP contribution in [0.3, 0.4) is 0 Å². The third kappa shape index (κ3) is 3.75. The molecule has 126 valence electrons. The van der Waals surface area contributed by atoms with Gasteiger partial charge in [0.1, 0.15) is 0 Å². The van der Waals surface area contributed by atoms with Crippen molar-refractivity contribution in [2.45, 2.75) is 25.7 Å². The molecule has 4 nitrogen and oxygen atoms in total. The zero-order chi connectivity index (χ0) is 16.1. The molecule has 2 fully saturated rings. The number of rotatable bonds is 5. The predicted molar refractivity (Wildman–Crippen MR) is 91.2 cm³/mol. The summed E-state index contributed by atoms with van der Waals surface area (Å²) in [6.07, 6.45) is 4.24.